The fraction of sp³-hybridized carbons (Fsp3) is 0.500. The number of ether oxygens (including phenoxy) is 1. The predicted molar refractivity (Wildman–Crippen MR) is 159 cm³/mol. The van der Waals surface area contributed by atoms with Gasteiger partial charge in [0.2, 0.25) is 5.95 Å². The molecule has 0 bridgehead atoms. The van der Waals surface area contributed by atoms with Crippen LogP contribution in [0.2, 0.25) is 0 Å². The summed E-state index contributed by atoms with van der Waals surface area (Å²) in [6.07, 6.45) is -5.44. The second-order valence-corrected chi connectivity index (χ2v) is 10.4. The number of H-pyrrole nitrogens is 1. The van der Waals surface area contributed by atoms with Crippen LogP contribution >= 0.6 is 0 Å². The number of aliphatic carboxylic acids is 2. The second-order valence-electron chi connectivity index (χ2n) is 10.4. The molecule has 1 aromatic heterocycles. The molecular weight excluding hydrogens is 600 g/mol. The molecule has 45 heavy (non-hydrogen) atoms. The fourth-order valence-corrected chi connectivity index (χ4v) is 4.54. The van der Waals surface area contributed by atoms with Crippen molar-refractivity contribution in [3.8, 4) is 0 Å². The molecule has 3 heterocycles. The molecule has 0 aliphatic carbocycles. The largest absolute Gasteiger partial charge is 0.481 e. The fourth-order valence-electron chi connectivity index (χ4n) is 4.54. The summed E-state index contributed by atoms with van der Waals surface area (Å²) in [5, 5.41) is 62.6. The number of anilines is 4. The molecule has 4 rings (SSSR count). The first-order valence-electron chi connectivity index (χ1n) is 13.7. The average Bonchev–Trinajstić information content (AvgIpc) is 2.99. The van der Waals surface area contributed by atoms with Crippen molar-refractivity contribution in [1.29, 1.82) is 0 Å². The number of aliphatic hydroxyl groups is 4. The molecule has 19 nitrogen and oxygen atoms in total. The van der Waals surface area contributed by atoms with Gasteiger partial charge in [-0.1, -0.05) is 0 Å². The Morgan fingerprint density at radius 2 is 1.82 bits per heavy atom. The number of fused-ring (bicyclic) bond motifs is 1. The minimum atomic E-state index is -1.35. The van der Waals surface area contributed by atoms with E-state index in [9.17, 15) is 34.5 Å². The number of hydrogen-bond donors (Lipinski definition) is 12. The minimum Gasteiger partial charge on any atom is -0.481 e. The van der Waals surface area contributed by atoms with Gasteiger partial charge in [0.05, 0.1) is 18.7 Å². The summed E-state index contributed by atoms with van der Waals surface area (Å²) < 4.78 is 4.70. The van der Waals surface area contributed by atoms with E-state index in [4.69, 9.17) is 31.5 Å². The number of carbonyl (C=O) groups excluding carboxylic acids is 1. The van der Waals surface area contributed by atoms with E-state index in [0.717, 1.165) is 5.69 Å². The van der Waals surface area contributed by atoms with Crippen LogP contribution in [0.15, 0.2) is 29.1 Å². The van der Waals surface area contributed by atoms with E-state index in [1.807, 2.05) is 4.90 Å². The van der Waals surface area contributed by atoms with Gasteiger partial charge in [-0.05, 0) is 30.7 Å². The number of carboxylic acid groups (broad SMARTS) is 2. The first-order valence-corrected chi connectivity index (χ1v) is 13.7. The van der Waals surface area contributed by atoms with Crippen LogP contribution in [0.3, 0.4) is 0 Å². The molecule has 1 saturated heterocycles. The zero-order valence-electron chi connectivity index (χ0n) is 24.2. The standard InChI is InChI=1S/C20H25N7O6.C6H13NO5/c1-27-12(9-23-16-15(27)18(31)26-20(21)25-16)8-22-11-4-2-10(3-5-11)17(30)24-13(19(32)33)6-7-14(28)29;7-3-5(10)4(9)2(1-8)12-6(3)11/h2-5,12-13,22H,6-9H2,1H3,(H,24,30)(H,28,29)(H,32,33)(H4,21,23,25,26,31);2-6,8-11H,1,7H2/t;2-,3-,4-,5-,6?/m.1/s1. The Morgan fingerprint density at radius 1 is 1.16 bits per heavy atom. The lowest BCUT2D eigenvalue weighted by Gasteiger charge is -2.38. The molecule has 2 aliphatic heterocycles. The summed E-state index contributed by atoms with van der Waals surface area (Å²) in [4.78, 5) is 54.9. The second kappa shape index (κ2) is 15.5. The molecule has 2 aromatic rings. The van der Waals surface area contributed by atoms with Crippen LogP contribution in [-0.2, 0) is 14.3 Å². The Morgan fingerprint density at radius 3 is 2.42 bits per heavy atom. The van der Waals surface area contributed by atoms with Crippen molar-refractivity contribution >= 4 is 41.0 Å². The summed E-state index contributed by atoms with van der Waals surface area (Å²) >= 11 is 0. The van der Waals surface area contributed by atoms with Gasteiger partial charge in [0.15, 0.2) is 12.1 Å². The summed E-state index contributed by atoms with van der Waals surface area (Å²) in [7, 11) is 1.79. The van der Waals surface area contributed by atoms with Gasteiger partial charge in [-0.2, -0.15) is 4.98 Å². The third kappa shape index (κ3) is 9.00. The lowest BCUT2D eigenvalue weighted by atomic mass is 9.98. The van der Waals surface area contributed by atoms with Gasteiger partial charge in [0.1, 0.15) is 30.0 Å². The van der Waals surface area contributed by atoms with Crippen molar-refractivity contribution in [2.45, 2.75) is 55.6 Å². The Bertz CT molecular complexity index is 1390. The van der Waals surface area contributed by atoms with E-state index >= 15 is 0 Å². The number of nitrogens with zero attached hydrogens (tertiary/aromatic N) is 2. The van der Waals surface area contributed by atoms with Crippen molar-refractivity contribution < 1.29 is 49.8 Å². The molecule has 248 valence electrons. The molecule has 14 N–H and O–H groups in total. The molecule has 1 amide bonds. The maximum absolute atomic E-state index is 12.3. The number of nitrogens with one attached hydrogen (secondary N) is 4. The number of carbonyl (C=O) groups is 3. The zero-order valence-corrected chi connectivity index (χ0v) is 24.2. The number of amides is 1. The maximum atomic E-state index is 12.3. The number of nitrogen functional groups attached to an aromatic ring is 1. The number of aromatic nitrogens is 2. The van der Waals surface area contributed by atoms with Crippen LogP contribution in [0.1, 0.15) is 23.2 Å². The number of nitrogens with two attached hydrogens (primary N) is 2. The maximum Gasteiger partial charge on any atom is 0.326 e. The van der Waals surface area contributed by atoms with Crippen molar-refractivity contribution in [3.63, 3.8) is 0 Å². The summed E-state index contributed by atoms with van der Waals surface area (Å²) in [5.41, 5.74) is 11.9. The van der Waals surface area contributed by atoms with Crippen LogP contribution in [0, 0.1) is 0 Å². The quantitative estimate of drug-likeness (QED) is 0.120. The highest BCUT2D eigenvalue weighted by molar-refractivity contribution is 5.97. The molecular formula is C26H38N8O11. The summed E-state index contributed by atoms with van der Waals surface area (Å²) in [6, 6.07) is 3.99. The van der Waals surface area contributed by atoms with Crippen LogP contribution in [-0.4, -0.2) is 128 Å². The molecule has 1 fully saturated rings. The topological polar surface area (TPSA) is 319 Å². The van der Waals surface area contributed by atoms with Crippen molar-refractivity contribution in [2.24, 2.45) is 5.73 Å². The van der Waals surface area contributed by atoms with Gasteiger partial charge >= 0.3 is 11.9 Å². The third-order valence-electron chi connectivity index (χ3n) is 7.21. The van der Waals surface area contributed by atoms with Gasteiger partial charge in [-0.15, -0.1) is 0 Å². The highest BCUT2D eigenvalue weighted by Crippen LogP contribution is 2.25. The Labute approximate surface area is 255 Å². The molecule has 7 atom stereocenters. The van der Waals surface area contributed by atoms with Gasteiger partial charge in [-0.3, -0.25) is 19.4 Å². The van der Waals surface area contributed by atoms with Gasteiger partial charge in [0.25, 0.3) is 11.5 Å². The number of benzene rings is 1. The number of hydrogen-bond acceptors (Lipinski definition) is 15. The molecule has 3 unspecified atom stereocenters. The zero-order chi connectivity index (χ0) is 33.4. The van der Waals surface area contributed by atoms with Gasteiger partial charge in [-0.25, -0.2) is 4.79 Å². The average molecular weight is 639 g/mol. The summed E-state index contributed by atoms with van der Waals surface area (Å²) in [6.45, 7) is 0.538. The number of rotatable bonds is 10. The molecule has 0 radical (unpaired) electrons. The normalized spacial score (nSPS) is 24.6. The van der Waals surface area contributed by atoms with Crippen LogP contribution in [0.25, 0.3) is 0 Å². The van der Waals surface area contributed by atoms with Crippen molar-refractivity contribution in [2.75, 3.05) is 48.0 Å². The SMILES string of the molecule is CN1c2c(nc(N)[nH]c2=O)NCC1CNc1ccc(C(=O)NC(CCC(=O)O)C(=O)O)cc1.N[C@H]1C(O)O[C@H](CO)[C@@H](O)[C@@H]1O. The van der Waals surface area contributed by atoms with E-state index < -0.39 is 61.1 Å². The molecule has 0 spiro atoms. The number of aromatic amines is 1. The van der Waals surface area contributed by atoms with Crippen molar-refractivity contribution in [3.05, 3.63) is 40.2 Å². The minimum absolute atomic E-state index is 0.0388. The van der Waals surface area contributed by atoms with Crippen LogP contribution < -0.4 is 37.9 Å². The summed E-state index contributed by atoms with van der Waals surface area (Å²) in [5.74, 6) is -2.59. The highest BCUT2D eigenvalue weighted by atomic mass is 16.6. The molecule has 1 aromatic carbocycles. The highest BCUT2D eigenvalue weighted by Gasteiger charge is 2.41. The predicted octanol–water partition coefficient (Wildman–Crippen LogP) is -3.51. The lowest BCUT2D eigenvalue weighted by molar-refractivity contribution is -0.248. The van der Waals surface area contributed by atoms with E-state index in [1.54, 1.807) is 19.2 Å². The number of likely N-dealkylation sites (N-methyl/N-ethyl adjacent to an activating group) is 1. The van der Waals surface area contributed by atoms with E-state index in [1.165, 1.54) is 12.1 Å². The monoisotopic (exact) mass is 638 g/mol. The first kappa shape index (κ1) is 35.0. The van der Waals surface area contributed by atoms with E-state index in [2.05, 4.69) is 25.9 Å². The number of aliphatic hydroxyl groups excluding tert-OH is 4. The Hall–Kier alpha value is -4.53. The van der Waals surface area contributed by atoms with E-state index in [-0.39, 0.29) is 36.0 Å². The van der Waals surface area contributed by atoms with Gasteiger partial charge < -0.3 is 67.7 Å². The molecule has 19 heteroatoms. The Kier molecular flexibility index (Phi) is 12.0. The van der Waals surface area contributed by atoms with E-state index in [0.29, 0.717) is 24.6 Å². The molecule has 2 aliphatic rings. The van der Waals surface area contributed by atoms with Crippen LogP contribution in [0.4, 0.5) is 23.1 Å². The lowest BCUT2D eigenvalue weighted by Crippen LogP contribution is -2.61. The first-order chi connectivity index (χ1) is 21.2. The smallest absolute Gasteiger partial charge is 0.326 e. The molecule has 0 saturated carbocycles. The third-order valence-corrected chi connectivity index (χ3v) is 7.21. The van der Waals surface area contributed by atoms with Crippen LogP contribution in [0.5, 0.6) is 0 Å². The Balaban J connectivity index is 0.000000385. The van der Waals surface area contributed by atoms with Gasteiger partial charge in [0, 0.05) is 37.8 Å². The number of carboxylic acids is 2. The van der Waals surface area contributed by atoms with Crippen molar-refractivity contribution in [1.82, 2.24) is 15.3 Å².